The minimum absolute atomic E-state index is 0.311. The molecule has 2 aliphatic rings. The number of H-pyrrole nitrogens is 1. The molecule has 2 aromatic heterocycles. The Kier molecular flexibility index (Phi) is 3.06. The molecular formula is C18H20N4S. The molecule has 1 aliphatic carbocycles. The van der Waals surface area contributed by atoms with E-state index >= 15 is 0 Å². The fourth-order valence-electron chi connectivity index (χ4n) is 4.54. The van der Waals surface area contributed by atoms with Gasteiger partial charge in [0.25, 0.3) is 0 Å². The van der Waals surface area contributed by atoms with Crippen molar-refractivity contribution in [3.63, 3.8) is 0 Å². The van der Waals surface area contributed by atoms with Crippen LogP contribution >= 0.6 is 11.3 Å². The number of aryl methyl sites for hydroxylation is 1. The van der Waals surface area contributed by atoms with Crippen molar-refractivity contribution in [3.05, 3.63) is 46.7 Å². The van der Waals surface area contributed by atoms with Gasteiger partial charge in [0.05, 0.1) is 21.9 Å². The summed E-state index contributed by atoms with van der Waals surface area (Å²) in [6.07, 6.45) is 7.06. The normalized spacial score (nSPS) is 24.5. The topological polar surface area (TPSA) is 44.8 Å². The van der Waals surface area contributed by atoms with Gasteiger partial charge in [0.2, 0.25) is 0 Å². The highest BCUT2D eigenvalue weighted by Gasteiger charge is 2.43. The second-order valence-electron chi connectivity index (χ2n) is 6.98. The predicted octanol–water partition coefficient (Wildman–Crippen LogP) is 3.50. The van der Waals surface area contributed by atoms with Gasteiger partial charge in [0.15, 0.2) is 0 Å². The van der Waals surface area contributed by atoms with E-state index in [-0.39, 0.29) is 0 Å². The maximum Gasteiger partial charge on any atom is 0.0815 e. The summed E-state index contributed by atoms with van der Waals surface area (Å²) in [6, 6.07) is 6.51. The second kappa shape index (κ2) is 5.14. The molecule has 4 nitrogen and oxygen atoms in total. The van der Waals surface area contributed by atoms with Crippen molar-refractivity contribution in [3.8, 4) is 0 Å². The number of aromatic amines is 1. The summed E-state index contributed by atoms with van der Waals surface area (Å²) in [5.41, 5.74) is 7.68. The Morgan fingerprint density at radius 3 is 3.30 bits per heavy atom. The molecule has 0 amide bonds. The fourth-order valence-corrected chi connectivity index (χ4v) is 5.34. The van der Waals surface area contributed by atoms with Crippen LogP contribution in [-0.4, -0.2) is 33.2 Å². The third-order valence-corrected chi connectivity index (χ3v) is 6.53. The van der Waals surface area contributed by atoms with Gasteiger partial charge in [0.1, 0.15) is 0 Å². The van der Waals surface area contributed by atoms with Gasteiger partial charge in [-0.25, -0.2) is 4.98 Å². The third kappa shape index (κ3) is 2.14. The number of piperidine rings is 1. The number of hydrogen-bond acceptors (Lipinski definition) is 4. The smallest absolute Gasteiger partial charge is 0.0815 e. The average molecular weight is 324 g/mol. The van der Waals surface area contributed by atoms with Gasteiger partial charge in [0, 0.05) is 24.2 Å². The van der Waals surface area contributed by atoms with Gasteiger partial charge < -0.3 is 0 Å². The molecule has 1 saturated heterocycles. The number of rotatable bonds is 2. The second-order valence-corrected chi connectivity index (χ2v) is 7.84. The zero-order chi connectivity index (χ0) is 15.3. The Hall–Kier alpha value is -1.72. The number of aromatic nitrogens is 3. The Morgan fingerprint density at radius 2 is 2.30 bits per heavy atom. The van der Waals surface area contributed by atoms with Crippen LogP contribution in [0.1, 0.15) is 36.1 Å². The molecule has 3 heterocycles. The van der Waals surface area contributed by atoms with E-state index in [1.165, 1.54) is 53.7 Å². The highest BCUT2D eigenvalue weighted by Crippen LogP contribution is 2.44. The molecule has 1 aliphatic heterocycles. The Morgan fingerprint density at radius 1 is 1.30 bits per heavy atom. The first-order valence-electron chi connectivity index (χ1n) is 8.40. The highest BCUT2D eigenvalue weighted by atomic mass is 32.1. The lowest BCUT2D eigenvalue weighted by Crippen LogP contribution is -2.44. The lowest BCUT2D eigenvalue weighted by Gasteiger charge is -2.40. The minimum atomic E-state index is 0.311. The standard InChI is InChI=1S/C18H20N4S/c1-3-14(16-15(4-1)19-12-23-16)10-22-8-2-6-18(11-22)7-5-13-9-20-21-17(13)18/h1,3-4,9,12H,2,5-8,10-11H2,(H,20,21). The number of likely N-dealkylation sites (tertiary alicyclic amines) is 1. The molecule has 1 N–H and O–H groups in total. The molecule has 0 bridgehead atoms. The van der Waals surface area contributed by atoms with Crippen molar-refractivity contribution in [2.75, 3.05) is 13.1 Å². The molecule has 1 fully saturated rings. The SMILES string of the molecule is c1cc(CN2CCCC3(CCc4cn[nH]c43)C2)c2scnc2c1. The quantitative estimate of drug-likeness (QED) is 0.785. The first kappa shape index (κ1) is 13.7. The molecule has 1 aromatic carbocycles. The molecule has 5 heteroatoms. The van der Waals surface area contributed by atoms with E-state index in [0.29, 0.717) is 5.41 Å². The van der Waals surface area contributed by atoms with Gasteiger partial charge in [-0.05, 0) is 49.4 Å². The van der Waals surface area contributed by atoms with Crippen LogP contribution in [0.3, 0.4) is 0 Å². The predicted molar refractivity (Wildman–Crippen MR) is 92.7 cm³/mol. The molecule has 0 saturated carbocycles. The molecule has 0 radical (unpaired) electrons. The summed E-state index contributed by atoms with van der Waals surface area (Å²) in [4.78, 5) is 7.09. The Bertz CT molecular complexity index is 851. The first-order valence-corrected chi connectivity index (χ1v) is 9.28. The van der Waals surface area contributed by atoms with Crippen molar-refractivity contribution in [1.29, 1.82) is 0 Å². The molecule has 118 valence electrons. The number of nitrogens with one attached hydrogen (secondary N) is 1. The Balaban J connectivity index is 1.43. The zero-order valence-electron chi connectivity index (χ0n) is 13.1. The van der Waals surface area contributed by atoms with Crippen molar-refractivity contribution in [1.82, 2.24) is 20.1 Å². The van der Waals surface area contributed by atoms with E-state index in [1.807, 2.05) is 11.7 Å². The third-order valence-electron chi connectivity index (χ3n) is 5.61. The molecule has 1 atom stereocenters. The van der Waals surface area contributed by atoms with Crippen molar-refractivity contribution < 1.29 is 0 Å². The number of hydrogen-bond donors (Lipinski definition) is 1. The Labute approximate surface area is 139 Å². The summed E-state index contributed by atoms with van der Waals surface area (Å²) in [5, 5.41) is 7.59. The largest absolute Gasteiger partial charge is 0.298 e. The number of fused-ring (bicyclic) bond motifs is 3. The molecule has 3 aromatic rings. The van der Waals surface area contributed by atoms with Crippen LogP contribution in [0.25, 0.3) is 10.2 Å². The molecule has 5 rings (SSSR count). The van der Waals surface area contributed by atoms with Crippen LogP contribution in [-0.2, 0) is 18.4 Å². The van der Waals surface area contributed by atoms with Crippen LogP contribution in [0.4, 0.5) is 0 Å². The van der Waals surface area contributed by atoms with Gasteiger partial charge in [-0.15, -0.1) is 11.3 Å². The first-order chi connectivity index (χ1) is 11.3. The molecule has 1 spiro atoms. The van der Waals surface area contributed by atoms with E-state index in [1.54, 1.807) is 11.3 Å². The summed E-state index contributed by atoms with van der Waals surface area (Å²) < 4.78 is 1.35. The molecule has 23 heavy (non-hydrogen) atoms. The van der Waals surface area contributed by atoms with Gasteiger partial charge >= 0.3 is 0 Å². The van der Waals surface area contributed by atoms with Gasteiger partial charge in [-0.3, -0.25) is 10.00 Å². The monoisotopic (exact) mass is 324 g/mol. The lowest BCUT2D eigenvalue weighted by atomic mass is 9.77. The maximum atomic E-state index is 4.45. The summed E-state index contributed by atoms with van der Waals surface area (Å²) in [7, 11) is 0. The van der Waals surface area contributed by atoms with E-state index in [2.05, 4.69) is 38.3 Å². The van der Waals surface area contributed by atoms with Gasteiger partial charge in [-0.1, -0.05) is 12.1 Å². The van der Waals surface area contributed by atoms with Crippen molar-refractivity contribution >= 4 is 21.6 Å². The van der Waals surface area contributed by atoms with Crippen LogP contribution in [0.15, 0.2) is 29.9 Å². The average Bonchev–Trinajstić information content (AvgIpc) is 3.27. The van der Waals surface area contributed by atoms with Crippen LogP contribution in [0, 0.1) is 0 Å². The summed E-state index contributed by atoms with van der Waals surface area (Å²) in [6.45, 7) is 3.38. The van der Waals surface area contributed by atoms with E-state index < -0.39 is 0 Å². The van der Waals surface area contributed by atoms with Crippen LogP contribution in [0.2, 0.25) is 0 Å². The molecular weight excluding hydrogens is 304 g/mol. The number of benzene rings is 1. The lowest BCUT2D eigenvalue weighted by molar-refractivity contribution is 0.137. The van der Waals surface area contributed by atoms with Crippen LogP contribution < -0.4 is 0 Å². The summed E-state index contributed by atoms with van der Waals surface area (Å²) in [5.74, 6) is 0. The number of thiazole rings is 1. The minimum Gasteiger partial charge on any atom is -0.298 e. The fraction of sp³-hybridized carbons (Fsp3) is 0.444. The van der Waals surface area contributed by atoms with Crippen molar-refractivity contribution in [2.24, 2.45) is 0 Å². The molecule has 1 unspecified atom stereocenters. The van der Waals surface area contributed by atoms with E-state index in [4.69, 9.17) is 0 Å². The van der Waals surface area contributed by atoms with E-state index in [9.17, 15) is 0 Å². The zero-order valence-corrected chi connectivity index (χ0v) is 13.9. The van der Waals surface area contributed by atoms with E-state index in [0.717, 1.165) is 18.6 Å². The summed E-state index contributed by atoms with van der Waals surface area (Å²) >= 11 is 1.76. The van der Waals surface area contributed by atoms with Crippen molar-refractivity contribution in [2.45, 2.75) is 37.6 Å². The highest BCUT2D eigenvalue weighted by molar-refractivity contribution is 7.16. The van der Waals surface area contributed by atoms with Crippen LogP contribution in [0.5, 0.6) is 0 Å². The number of nitrogens with zero attached hydrogens (tertiary/aromatic N) is 3. The van der Waals surface area contributed by atoms with Gasteiger partial charge in [-0.2, -0.15) is 5.10 Å². The maximum absolute atomic E-state index is 4.45.